The number of nitrogens with zero attached hydrogens (tertiary/aromatic N) is 1. The van der Waals surface area contributed by atoms with Gasteiger partial charge in [-0.3, -0.25) is 9.59 Å². The molecule has 0 spiro atoms. The second-order valence-electron chi connectivity index (χ2n) is 4.63. The first-order valence-electron chi connectivity index (χ1n) is 5.82. The molecule has 98 valence electrons. The summed E-state index contributed by atoms with van der Waals surface area (Å²) < 4.78 is 10.1. The summed E-state index contributed by atoms with van der Waals surface area (Å²) in [6.07, 6.45) is 6.13. The van der Waals surface area contributed by atoms with E-state index in [-0.39, 0.29) is 11.9 Å². The first kappa shape index (κ1) is 12.7. The number of ether oxygens (including phenoxy) is 2. The van der Waals surface area contributed by atoms with Crippen molar-refractivity contribution in [3.8, 4) is 0 Å². The van der Waals surface area contributed by atoms with Crippen LogP contribution >= 0.6 is 0 Å². The van der Waals surface area contributed by atoms with Crippen molar-refractivity contribution in [2.75, 3.05) is 21.3 Å². The summed E-state index contributed by atoms with van der Waals surface area (Å²) in [4.78, 5) is 25.8. The number of fused-ring (bicyclic) bond motifs is 1. The number of carbonyl (C=O) groups is 2. The Morgan fingerprint density at radius 3 is 2.83 bits per heavy atom. The first-order valence-corrected chi connectivity index (χ1v) is 5.82. The molecule has 0 aromatic rings. The molecular weight excluding hydrogens is 234 g/mol. The quantitative estimate of drug-likeness (QED) is 0.689. The molecule has 2 atom stereocenters. The van der Waals surface area contributed by atoms with E-state index in [0.29, 0.717) is 12.8 Å². The summed E-state index contributed by atoms with van der Waals surface area (Å²) >= 11 is 0. The molecule has 1 heterocycles. The molecule has 0 aromatic carbocycles. The lowest BCUT2D eigenvalue weighted by atomic mass is 9.66. The zero-order chi connectivity index (χ0) is 13.3. The molecule has 1 aliphatic carbocycles. The molecule has 0 aromatic heterocycles. The highest BCUT2D eigenvalue weighted by atomic mass is 16.5. The fourth-order valence-corrected chi connectivity index (χ4v) is 2.60. The molecule has 0 saturated carbocycles. The van der Waals surface area contributed by atoms with Crippen LogP contribution < -0.4 is 0 Å². The number of allylic oxidation sites excluding steroid dienone is 2. The summed E-state index contributed by atoms with van der Waals surface area (Å²) in [6, 6.07) is 0. The highest BCUT2D eigenvalue weighted by Crippen LogP contribution is 2.46. The van der Waals surface area contributed by atoms with Crippen LogP contribution in [0.4, 0.5) is 0 Å². The third-order valence-electron chi connectivity index (χ3n) is 3.76. The lowest BCUT2D eigenvalue weighted by molar-refractivity contribution is -0.159. The lowest BCUT2D eigenvalue weighted by Crippen LogP contribution is -2.50. The van der Waals surface area contributed by atoms with E-state index in [4.69, 9.17) is 9.47 Å². The number of esters is 1. The van der Waals surface area contributed by atoms with Gasteiger partial charge in [0.1, 0.15) is 5.41 Å². The van der Waals surface area contributed by atoms with Crippen LogP contribution in [0.25, 0.3) is 0 Å². The molecular formula is C13H17NO4. The van der Waals surface area contributed by atoms with Gasteiger partial charge in [0.25, 0.3) is 0 Å². The van der Waals surface area contributed by atoms with Crippen molar-refractivity contribution in [3.05, 3.63) is 24.1 Å². The molecule has 0 bridgehead atoms. The van der Waals surface area contributed by atoms with E-state index in [0.717, 1.165) is 5.76 Å². The molecule has 18 heavy (non-hydrogen) atoms. The SMILES string of the molecule is COC(=O)[C@@]12C=CN(C)C(=O)[C@@H]1CC(OC)=CC2. The van der Waals surface area contributed by atoms with Crippen molar-refractivity contribution >= 4 is 11.9 Å². The van der Waals surface area contributed by atoms with Gasteiger partial charge >= 0.3 is 5.97 Å². The molecule has 5 nitrogen and oxygen atoms in total. The number of hydrogen-bond donors (Lipinski definition) is 0. The molecule has 5 heteroatoms. The number of hydrogen-bond acceptors (Lipinski definition) is 4. The van der Waals surface area contributed by atoms with Crippen LogP contribution in [-0.2, 0) is 19.1 Å². The normalized spacial score (nSPS) is 30.6. The van der Waals surface area contributed by atoms with Crippen LogP contribution in [0.3, 0.4) is 0 Å². The lowest BCUT2D eigenvalue weighted by Gasteiger charge is -2.41. The average molecular weight is 251 g/mol. The Balaban J connectivity index is 2.45. The van der Waals surface area contributed by atoms with E-state index in [9.17, 15) is 9.59 Å². The third-order valence-corrected chi connectivity index (χ3v) is 3.76. The molecule has 0 fully saturated rings. The van der Waals surface area contributed by atoms with Crippen molar-refractivity contribution in [3.63, 3.8) is 0 Å². The van der Waals surface area contributed by atoms with Crippen molar-refractivity contribution in [2.24, 2.45) is 11.3 Å². The highest BCUT2D eigenvalue weighted by molar-refractivity contribution is 5.92. The predicted octanol–water partition coefficient (Wildman–Crippen LogP) is 1.07. The van der Waals surface area contributed by atoms with Crippen LogP contribution in [0.1, 0.15) is 12.8 Å². The maximum Gasteiger partial charge on any atom is 0.316 e. The minimum Gasteiger partial charge on any atom is -0.501 e. The van der Waals surface area contributed by atoms with Gasteiger partial charge in [0, 0.05) is 19.7 Å². The average Bonchev–Trinajstić information content (AvgIpc) is 2.41. The van der Waals surface area contributed by atoms with Crippen molar-refractivity contribution in [1.29, 1.82) is 0 Å². The van der Waals surface area contributed by atoms with Gasteiger partial charge in [-0.2, -0.15) is 0 Å². The Morgan fingerprint density at radius 2 is 2.22 bits per heavy atom. The summed E-state index contributed by atoms with van der Waals surface area (Å²) in [7, 11) is 4.61. The number of carbonyl (C=O) groups excluding carboxylic acids is 2. The summed E-state index contributed by atoms with van der Waals surface area (Å²) in [5.74, 6) is -0.140. The van der Waals surface area contributed by atoms with Gasteiger partial charge < -0.3 is 14.4 Å². The molecule has 0 saturated heterocycles. The highest BCUT2D eigenvalue weighted by Gasteiger charge is 2.52. The topological polar surface area (TPSA) is 55.8 Å². The van der Waals surface area contributed by atoms with E-state index in [1.165, 1.54) is 12.0 Å². The number of methoxy groups -OCH3 is 2. The van der Waals surface area contributed by atoms with E-state index in [1.54, 1.807) is 26.4 Å². The minimum atomic E-state index is -0.875. The molecule has 0 radical (unpaired) electrons. The van der Waals surface area contributed by atoms with Crippen molar-refractivity contribution in [2.45, 2.75) is 12.8 Å². The van der Waals surface area contributed by atoms with E-state index < -0.39 is 11.3 Å². The van der Waals surface area contributed by atoms with Gasteiger partial charge in [0.05, 0.1) is 25.9 Å². The second-order valence-corrected chi connectivity index (χ2v) is 4.63. The summed E-state index contributed by atoms with van der Waals surface area (Å²) in [5, 5.41) is 0. The fourth-order valence-electron chi connectivity index (χ4n) is 2.60. The van der Waals surface area contributed by atoms with E-state index in [2.05, 4.69) is 0 Å². The number of amides is 1. The third kappa shape index (κ3) is 1.70. The first-order chi connectivity index (χ1) is 8.55. The van der Waals surface area contributed by atoms with E-state index in [1.807, 2.05) is 6.08 Å². The second kappa shape index (κ2) is 4.48. The maximum absolute atomic E-state index is 12.2. The van der Waals surface area contributed by atoms with Gasteiger partial charge in [0.15, 0.2) is 0 Å². The van der Waals surface area contributed by atoms with Gasteiger partial charge in [-0.1, -0.05) is 0 Å². The van der Waals surface area contributed by atoms with E-state index >= 15 is 0 Å². The Hall–Kier alpha value is -1.78. The Kier molecular flexibility index (Phi) is 3.15. The Bertz CT molecular complexity index is 440. The predicted molar refractivity (Wildman–Crippen MR) is 64.2 cm³/mol. The maximum atomic E-state index is 12.2. The van der Waals surface area contributed by atoms with Crippen LogP contribution in [0.2, 0.25) is 0 Å². The largest absolute Gasteiger partial charge is 0.501 e. The Labute approximate surface area is 106 Å². The monoisotopic (exact) mass is 251 g/mol. The standard InChI is InChI=1S/C13H17NO4/c1-14-7-6-13(12(16)18-3)5-4-9(17-2)8-10(13)11(14)15/h4,6-7,10H,5,8H2,1-3H3/t10-,13-/m0/s1. The van der Waals surface area contributed by atoms with Crippen LogP contribution in [0.5, 0.6) is 0 Å². The van der Waals surface area contributed by atoms with Gasteiger partial charge in [-0.15, -0.1) is 0 Å². The number of rotatable bonds is 2. The molecule has 0 N–H and O–H groups in total. The van der Waals surface area contributed by atoms with Crippen LogP contribution in [-0.4, -0.2) is 38.0 Å². The zero-order valence-corrected chi connectivity index (χ0v) is 10.8. The summed E-state index contributed by atoms with van der Waals surface area (Å²) in [6.45, 7) is 0. The van der Waals surface area contributed by atoms with Crippen LogP contribution in [0.15, 0.2) is 24.1 Å². The smallest absolute Gasteiger partial charge is 0.316 e. The van der Waals surface area contributed by atoms with Crippen LogP contribution in [0, 0.1) is 11.3 Å². The van der Waals surface area contributed by atoms with Gasteiger partial charge in [0.2, 0.25) is 5.91 Å². The zero-order valence-electron chi connectivity index (χ0n) is 10.8. The summed E-state index contributed by atoms with van der Waals surface area (Å²) in [5.41, 5.74) is -0.875. The molecule has 0 unspecified atom stereocenters. The fraction of sp³-hybridized carbons (Fsp3) is 0.538. The Morgan fingerprint density at radius 1 is 1.50 bits per heavy atom. The van der Waals surface area contributed by atoms with Crippen molar-refractivity contribution in [1.82, 2.24) is 4.90 Å². The molecule has 1 amide bonds. The van der Waals surface area contributed by atoms with Gasteiger partial charge in [-0.25, -0.2) is 0 Å². The van der Waals surface area contributed by atoms with Gasteiger partial charge in [-0.05, 0) is 18.6 Å². The molecule has 1 aliphatic heterocycles. The minimum absolute atomic E-state index is 0.0782. The van der Waals surface area contributed by atoms with Crippen molar-refractivity contribution < 1.29 is 19.1 Å². The molecule has 2 rings (SSSR count). The molecule has 2 aliphatic rings.